The van der Waals surface area contributed by atoms with Crippen molar-refractivity contribution in [1.29, 1.82) is 0 Å². The number of benzene rings is 1. The van der Waals surface area contributed by atoms with Gasteiger partial charge >= 0.3 is 11.9 Å². The zero-order chi connectivity index (χ0) is 34.6. The van der Waals surface area contributed by atoms with Gasteiger partial charge < -0.3 is 39.0 Å². The first-order valence-electron chi connectivity index (χ1n) is 16.9. The number of aliphatic hydroxyl groups excluding tert-OH is 2. The third-order valence-corrected chi connectivity index (χ3v) is 13.7. The molecular formula is C34H46N4O10. The lowest BCUT2D eigenvalue weighted by Crippen LogP contribution is -2.81. The van der Waals surface area contributed by atoms with Crippen molar-refractivity contribution in [3.05, 3.63) is 40.3 Å². The largest absolute Gasteiger partial charge is 0.455 e. The second-order valence-corrected chi connectivity index (χ2v) is 14.7. The van der Waals surface area contributed by atoms with Gasteiger partial charge in [0.05, 0.1) is 29.6 Å². The third-order valence-electron chi connectivity index (χ3n) is 13.7. The van der Waals surface area contributed by atoms with Crippen LogP contribution in [0.15, 0.2) is 29.4 Å². The standard InChI is InChI=1S/C34H46N4O10/c1-7-31-15-38(8-2)26-23-24(45-5)25(31)33(26,21(44-4)13-20(31)40)18-14-32(43)28(47-30(42)17-11-9-10-12-19(17)36-37-35)22(18)34(23,48-16(3)39)27(41)29(32)46-6/h9-12,18,20-29,40-41,43H,7-8,13-15H2,1-6H3/t18?,20-,21+,22-,23?,24?,25?,26?,27+,28-,29+,31?,32-,33?,34-/m1/s1. The highest BCUT2D eigenvalue weighted by Gasteiger charge is 2.92. The number of nitrogens with zero attached hydrogens (tertiary/aromatic N) is 4. The van der Waals surface area contributed by atoms with Crippen LogP contribution >= 0.6 is 0 Å². The number of azide groups is 1. The molecular weight excluding hydrogens is 624 g/mol. The SMILES string of the molecule is CCN1CC2(CC)C3C(OC)C4C1C3(C1C[C@@]3(O)[C@H](OC(=O)c5ccccc5N=[N+]=[N-])[C@@H]1[C@]4(OC(C)=O)[C@@H](O)[C@@H]3OC)[C@@H](OC)C[C@H]2O. The number of hydrogen-bond donors (Lipinski definition) is 3. The summed E-state index contributed by atoms with van der Waals surface area (Å²) in [5.74, 6) is -3.93. The van der Waals surface area contributed by atoms with E-state index in [9.17, 15) is 24.9 Å². The van der Waals surface area contributed by atoms with Crippen molar-refractivity contribution in [2.24, 2.45) is 39.6 Å². The summed E-state index contributed by atoms with van der Waals surface area (Å²) in [4.78, 5) is 32.5. The summed E-state index contributed by atoms with van der Waals surface area (Å²) >= 11 is 0. The summed E-state index contributed by atoms with van der Waals surface area (Å²) in [5.41, 5.74) is 4.16. The zero-order valence-electron chi connectivity index (χ0n) is 28.2. The first-order chi connectivity index (χ1) is 22.9. The summed E-state index contributed by atoms with van der Waals surface area (Å²) in [6.07, 6.45) is -4.98. The van der Waals surface area contributed by atoms with Crippen molar-refractivity contribution in [1.82, 2.24) is 4.90 Å². The maximum Gasteiger partial charge on any atom is 0.338 e. The van der Waals surface area contributed by atoms with E-state index in [1.165, 1.54) is 26.2 Å². The number of fused-ring (bicyclic) bond motifs is 2. The molecule has 5 saturated carbocycles. The lowest BCUT2D eigenvalue weighted by Gasteiger charge is -2.70. The van der Waals surface area contributed by atoms with Crippen molar-refractivity contribution in [2.45, 2.75) is 93.9 Å². The van der Waals surface area contributed by atoms with Crippen molar-refractivity contribution >= 4 is 17.6 Å². The average Bonchev–Trinajstić information content (AvgIpc) is 3.44. The number of ether oxygens (including phenoxy) is 5. The molecule has 1 heterocycles. The lowest BCUT2D eigenvalue weighted by molar-refractivity contribution is -0.321. The number of rotatable bonds is 9. The van der Waals surface area contributed by atoms with E-state index >= 15 is 0 Å². The molecule has 6 aliphatic rings. The average molecular weight is 671 g/mol. The molecule has 48 heavy (non-hydrogen) atoms. The van der Waals surface area contributed by atoms with Crippen LogP contribution in [0.1, 0.15) is 50.4 Å². The molecule has 262 valence electrons. The molecule has 14 heteroatoms. The van der Waals surface area contributed by atoms with Gasteiger partial charge in [-0.1, -0.05) is 37.2 Å². The van der Waals surface area contributed by atoms with Crippen LogP contribution in [0.4, 0.5) is 5.69 Å². The van der Waals surface area contributed by atoms with E-state index in [2.05, 4.69) is 28.8 Å². The maximum absolute atomic E-state index is 14.0. The van der Waals surface area contributed by atoms with E-state index in [0.717, 1.165) is 0 Å². The molecule has 6 fully saturated rings. The Morgan fingerprint density at radius 3 is 2.42 bits per heavy atom. The molecule has 1 aromatic rings. The normalized spacial score (nSPS) is 48.1. The Morgan fingerprint density at radius 2 is 1.81 bits per heavy atom. The van der Waals surface area contributed by atoms with E-state index in [-0.39, 0.29) is 29.6 Å². The Bertz CT molecular complexity index is 1540. The van der Waals surface area contributed by atoms with Gasteiger partial charge in [0.2, 0.25) is 0 Å². The molecule has 1 aliphatic heterocycles. The van der Waals surface area contributed by atoms with Gasteiger partial charge in [0.25, 0.3) is 0 Å². The summed E-state index contributed by atoms with van der Waals surface area (Å²) < 4.78 is 31.5. The fourth-order valence-electron chi connectivity index (χ4n) is 12.6. The highest BCUT2D eigenvalue weighted by molar-refractivity contribution is 5.95. The Hall–Kier alpha value is -2.81. The first kappa shape index (κ1) is 33.7. The second-order valence-electron chi connectivity index (χ2n) is 14.7. The van der Waals surface area contributed by atoms with Crippen LogP contribution in [0.5, 0.6) is 0 Å². The van der Waals surface area contributed by atoms with Gasteiger partial charge in [-0.15, -0.1) is 0 Å². The fourth-order valence-corrected chi connectivity index (χ4v) is 12.6. The van der Waals surface area contributed by atoms with Crippen molar-refractivity contribution in [3.63, 3.8) is 0 Å². The monoisotopic (exact) mass is 670 g/mol. The molecule has 1 aromatic carbocycles. The zero-order valence-corrected chi connectivity index (χ0v) is 28.2. The number of esters is 2. The van der Waals surface area contributed by atoms with E-state index in [4.69, 9.17) is 29.2 Å². The number of methoxy groups -OCH3 is 3. The predicted molar refractivity (Wildman–Crippen MR) is 168 cm³/mol. The van der Waals surface area contributed by atoms with Crippen LogP contribution in [-0.2, 0) is 28.5 Å². The Balaban J connectivity index is 1.51. The van der Waals surface area contributed by atoms with Gasteiger partial charge in [-0.05, 0) is 36.9 Å². The van der Waals surface area contributed by atoms with Crippen LogP contribution < -0.4 is 0 Å². The number of piperidine rings is 1. The van der Waals surface area contributed by atoms with E-state index in [0.29, 0.717) is 25.9 Å². The van der Waals surface area contributed by atoms with Gasteiger partial charge in [-0.2, -0.15) is 0 Å². The third kappa shape index (κ3) is 3.75. The van der Waals surface area contributed by atoms with E-state index < -0.39 is 88.3 Å². The molecule has 0 amide bonds. The number of likely N-dealkylation sites (tertiary alicyclic amines) is 1. The van der Waals surface area contributed by atoms with Gasteiger partial charge in [0, 0.05) is 80.8 Å². The van der Waals surface area contributed by atoms with Crippen LogP contribution in [-0.4, -0.2) is 120 Å². The van der Waals surface area contributed by atoms with Gasteiger partial charge in [0.15, 0.2) is 5.60 Å². The molecule has 15 atom stereocenters. The summed E-state index contributed by atoms with van der Waals surface area (Å²) in [7, 11) is 4.61. The molecule has 0 aromatic heterocycles. The number of aliphatic hydroxyl groups is 3. The van der Waals surface area contributed by atoms with E-state index in [1.807, 2.05) is 0 Å². The summed E-state index contributed by atoms with van der Waals surface area (Å²) in [5, 5.41) is 41.0. The quantitative estimate of drug-likeness (QED) is 0.151. The Labute approximate surface area is 279 Å². The second kappa shape index (κ2) is 11.4. The van der Waals surface area contributed by atoms with Crippen molar-refractivity contribution < 1.29 is 48.6 Å². The molecule has 14 nitrogen and oxygen atoms in total. The lowest BCUT2D eigenvalue weighted by atomic mass is 9.42. The molecule has 7 rings (SSSR count). The summed E-state index contributed by atoms with van der Waals surface area (Å²) in [6.45, 7) is 6.58. The first-order valence-corrected chi connectivity index (χ1v) is 16.9. The number of carbonyl (C=O) groups excluding carboxylic acids is 2. The Morgan fingerprint density at radius 1 is 1.08 bits per heavy atom. The molecule has 7 unspecified atom stereocenters. The minimum Gasteiger partial charge on any atom is -0.455 e. The van der Waals surface area contributed by atoms with Crippen LogP contribution in [0.2, 0.25) is 0 Å². The van der Waals surface area contributed by atoms with Crippen LogP contribution in [0.25, 0.3) is 10.4 Å². The topological polar surface area (TPSA) is 193 Å². The van der Waals surface area contributed by atoms with E-state index in [1.54, 1.807) is 26.4 Å². The van der Waals surface area contributed by atoms with Crippen LogP contribution in [0.3, 0.4) is 0 Å². The molecule has 1 saturated heterocycles. The predicted octanol–water partition coefficient (Wildman–Crippen LogP) is 2.35. The fraction of sp³-hybridized carbons (Fsp3) is 0.765. The number of hydrogen-bond acceptors (Lipinski definition) is 12. The Kier molecular flexibility index (Phi) is 7.97. The minimum atomic E-state index is -1.91. The molecule has 3 N–H and O–H groups in total. The highest BCUT2D eigenvalue weighted by atomic mass is 16.6. The van der Waals surface area contributed by atoms with Crippen LogP contribution in [0, 0.1) is 34.5 Å². The molecule has 5 aliphatic carbocycles. The maximum atomic E-state index is 14.0. The van der Waals surface area contributed by atoms with Crippen molar-refractivity contribution in [3.8, 4) is 0 Å². The number of carbonyl (C=O) groups is 2. The molecule has 7 bridgehead atoms. The minimum absolute atomic E-state index is 0.00410. The molecule has 0 radical (unpaired) electrons. The van der Waals surface area contributed by atoms with Gasteiger partial charge in [-0.25, -0.2) is 4.79 Å². The smallest absolute Gasteiger partial charge is 0.338 e. The van der Waals surface area contributed by atoms with Crippen molar-refractivity contribution in [2.75, 3.05) is 34.4 Å². The molecule has 1 spiro atoms. The highest BCUT2D eigenvalue weighted by Crippen LogP contribution is 2.81. The van der Waals surface area contributed by atoms with Gasteiger partial charge in [0.1, 0.15) is 23.9 Å². The summed E-state index contributed by atoms with van der Waals surface area (Å²) in [6, 6.07) is 5.85. The van der Waals surface area contributed by atoms with Gasteiger partial charge in [-0.3, -0.25) is 9.69 Å².